The third-order valence-corrected chi connectivity index (χ3v) is 8.93. The smallest absolute Gasteiger partial charge is 0.309 e. The van der Waals surface area contributed by atoms with Crippen LogP contribution in [0.15, 0.2) is 29.8 Å². The highest BCUT2D eigenvalue weighted by atomic mass is 32.1. The van der Waals surface area contributed by atoms with Gasteiger partial charge in [0.15, 0.2) is 0 Å². The van der Waals surface area contributed by atoms with E-state index in [1.807, 2.05) is 32.0 Å². The van der Waals surface area contributed by atoms with Crippen LogP contribution in [-0.4, -0.2) is 44.3 Å². The summed E-state index contributed by atoms with van der Waals surface area (Å²) >= 11 is 1.42. The summed E-state index contributed by atoms with van der Waals surface area (Å²) in [5.74, 6) is -1.46. The van der Waals surface area contributed by atoms with Crippen LogP contribution >= 0.6 is 11.3 Å². The summed E-state index contributed by atoms with van der Waals surface area (Å²) in [6.07, 6.45) is 3.38. The van der Waals surface area contributed by atoms with Crippen LogP contribution in [0.4, 0.5) is 0 Å². The van der Waals surface area contributed by atoms with Gasteiger partial charge in [-0.2, -0.15) is 0 Å². The van der Waals surface area contributed by atoms with Gasteiger partial charge in [-0.1, -0.05) is 51.8 Å². The molecule has 1 aromatic carbocycles. The second-order valence-corrected chi connectivity index (χ2v) is 12.4. The Bertz CT molecular complexity index is 1140. The first kappa shape index (κ1) is 30.4. The van der Waals surface area contributed by atoms with Crippen molar-refractivity contribution < 1.29 is 29.6 Å². The molecule has 0 unspecified atom stereocenters. The number of ether oxygens (including phenoxy) is 1. The number of benzene rings is 1. The number of cyclic esters (lactones) is 1. The predicted octanol–water partition coefficient (Wildman–Crippen LogP) is 5.65. The molecular weight excluding hydrogens is 502 g/mol. The maximum atomic E-state index is 13.6. The average molecular weight is 546 g/mol. The van der Waals surface area contributed by atoms with E-state index < -0.39 is 35.6 Å². The zero-order valence-corrected chi connectivity index (χ0v) is 24.1. The van der Waals surface area contributed by atoms with Crippen molar-refractivity contribution in [2.24, 2.45) is 17.3 Å². The summed E-state index contributed by atoms with van der Waals surface area (Å²) in [6, 6.07) is 5.71. The lowest BCUT2D eigenvalue weighted by Crippen LogP contribution is -2.46. The standard InChI is InChI=1S/C30H43NO6S/c1-6-8-21-28(35)19(3)10-7-9-18(2)11-13-23(37-27(34)16-25(33)30(4,5)29(21)36)20-12-14-24-22(15-20)31-26(17-32)38-24/h11-12,14-15,19,21,23,25,28,32-33,35H,6-10,13,16-17H2,1-5H3/t19-,21+,23-,25-,28-/m0/s1. The van der Waals surface area contributed by atoms with Crippen LogP contribution in [0.1, 0.15) is 96.2 Å². The number of Topliss-reactive ketones (excluding diaryl/α,β-unsaturated/α-hetero) is 1. The van der Waals surface area contributed by atoms with E-state index in [4.69, 9.17) is 4.74 Å². The van der Waals surface area contributed by atoms with Crippen molar-refractivity contribution in [2.45, 2.75) is 104 Å². The number of carbonyl (C=O) groups excluding carboxylic acids is 2. The lowest BCUT2D eigenvalue weighted by Gasteiger charge is -2.36. The van der Waals surface area contributed by atoms with E-state index in [0.29, 0.717) is 17.8 Å². The Morgan fingerprint density at radius 1 is 1.21 bits per heavy atom. The highest BCUT2D eigenvalue weighted by Gasteiger charge is 2.43. The SMILES string of the molecule is CCC[C@H]1C(=O)C(C)(C)[C@@H](O)CC(=O)O[C@H](c2ccc3sc(CO)nc3c2)CC=C(C)CCC[C@H](C)[C@@H]1O. The van der Waals surface area contributed by atoms with Crippen LogP contribution in [0.3, 0.4) is 0 Å². The van der Waals surface area contributed by atoms with Crippen molar-refractivity contribution in [3.8, 4) is 0 Å². The molecule has 0 saturated carbocycles. The highest BCUT2D eigenvalue weighted by molar-refractivity contribution is 7.18. The fourth-order valence-electron chi connectivity index (χ4n) is 5.22. The Hall–Kier alpha value is -2.13. The van der Waals surface area contributed by atoms with Gasteiger partial charge in [0.1, 0.15) is 16.9 Å². The molecule has 3 rings (SSSR count). The molecule has 7 nitrogen and oxygen atoms in total. The van der Waals surface area contributed by atoms with E-state index in [1.54, 1.807) is 13.8 Å². The number of aromatic nitrogens is 1. The van der Waals surface area contributed by atoms with E-state index in [2.05, 4.69) is 18.0 Å². The van der Waals surface area contributed by atoms with Crippen LogP contribution in [0.5, 0.6) is 0 Å². The molecule has 0 spiro atoms. The Morgan fingerprint density at radius 2 is 1.95 bits per heavy atom. The van der Waals surface area contributed by atoms with Crippen LogP contribution in [-0.2, 0) is 20.9 Å². The summed E-state index contributed by atoms with van der Waals surface area (Å²) in [5, 5.41) is 32.2. The number of hydrogen-bond acceptors (Lipinski definition) is 8. The quantitative estimate of drug-likeness (QED) is 0.336. The topological polar surface area (TPSA) is 117 Å². The van der Waals surface area contributed by atoms with E-state index in [1.165, 1.54) is 16.9 Å². The first-order chi connectivity index (χ1) is 18.0. The predicted molar refractivity (Wildman–Crippen MR) is 150 cm³/mol. The summed E-state index contributed by atoms with van der Waals surface area (Å²) in [5.41, 5.74) is 1.47. The molecule has 1 aromatic heterocycles. The molecule has 1 aliphatic heterocycles. The fraction of sp³-hybridized carbons (Fsp3) is 0.633. The molecule has 2 aromatic rings. The number of thiazole rings is 1. The van der Waals surface area contributed by atoms with Gasteiger partial charge in [-0.05, 0) is 56.2 Å². The molecule has 3 N–H and O–H groups in total. The van der Waals surface area contributed by atoms with E-state index in [-0.39, 0.29) is 24.7 Å². The number of hydrogen-bond donors (Lipinski definition) is 3. The summed E-state index contributed by atoms with van der Waals surface area (Å²) in [6.45, 7) is 9.18. The number of ketones is 1. The molecule has 2 heterocycles. The lowest BCUT2D eigenvalue weighted by atomic mass is 9.71. The maximum absolute atomic E-state index is 13.6. The number of carbonyl (C=O) groups is 2. The minimum Gasteiger partial charge on any atom is -0.457 e. The molecule has 0 aliphatic carbocycles. The summed E-state index contributed by atoms with van der Waals surface area (Å²) < 4.78 is 6.84. The Balaban J connectivity index is 1.93. The third-order valence-electron chi connectivity index (χ3n) is 7.91. The lowest BCUT2D eigenvalue weighted by molar-refractivity contribution is -0.156. The van der Waals surface area contributed by atoms with Gasteiger partial charge >= 0.3 is 5.97 Å². The first-order valence-corrected chi connectivity index (χ1v) is 14.5. The number of esters is 1. The minimum atomic E-state index is -1.25. The average Bonchev–Trinajstić information content (AvgIpc) is 3.30. The van der Waals surface area contributed by atoms with E-state index in [0.717, 1.165) is 41.5 Å². The second-order valence-electron chi connectivity index (χ2n) is 11.3. The van der Waals surface area contributed by atoms with Crippen LogP contribution in [0, 0.1) is 17.3 Å². The van der Waals surface area contributed by atoms with E-state index in [9.17, 15) is 24.9 Å². The molecule has 0 saturated heterocycles. The molecule has 0 amide bonds. The summed E-state index contributed by atoms with van der Waals surface area (Å²) in [7, 11) is 0. The van der Waals surface area contributed by atoms with Crippen LogP contribution in [0.25, 0.3) is 10.2 Å². The number of rotatable bonds is 4. The van der Waals surface area contributed by atoms with Crippen molar-refractivity contribution in [1.82, 2.24) is 4.98 Å². The molecule has 0 bridgehead atoms. The zero-order valence-electron chi connectivity index (χ0n) is 23.3. The van der Waals surface area contributed by atoms with Crippen molar-refractivity contribution in [2.75, 3.05) is 0 Å². The Morgan fingerprint density at radius 3 is 2.63 bits per heavy atom. The molecule has 0 radical (unpaired) electrons. The van der Waals surface area contributed by atoms with Crippen molar-refractivity contribution in [3.05, 3.63) is 40.4 Å². The second kappa shape index (κ2) is 13.3. The molecule has 210 valence electrons. The van der Waals surface area contributed by atoms with Gasteiger partial charge in [0.05, 0.1) is 40.9 Å². The van der Waals surface area contributed by atoms with Gasteiger partial charge in [-0.15, -0.1) is 11.3 Å². The number of aliphatic hydroxyl groups excluding tert-OH is 3. The highest BCUT2D eigenvalue weighted by Crippen LogP contribution is 2.35. The van der Waals surface area contributed by atoms with E-state index >= 15 is 0 Å². The molecule has 38 heavy (non-hydrogen) atoms. The van der Waals surface area contributed by atoms with Crippen LogP contribution in [0.2, 0.25) is 0 Å². The molecular formula is C30H43NO6S. The van der Waals surface area contributed by atoms with Gasteiger partial charge in [0.2, 0.25) is 0 Å². The van der Waals surface area contributed by atoms with Crippen molar-refractivity contribution in [3.63, 3.8) is 0 Å². The van der Waals surface area contributed by atoms with Crippen molar-refractivity contribution in [1.29, 1.82) is 0 Å². The zero-order chi connectivity index (χ0) is 28.0. The Kier molecular flexibility index (Phi) is 10.6. The third kappa shape index (κ3) is 7.29. The number of aliphatic hydroxyl groups is 3. The van der Waals surface area contributed by atoms with Gasteiger partial charge in [0.25, 0.3) is 0 Å². The largest absolute Gasteiger partial charge is 0.457 e. The maximum Gasteiger partial charge on any atom is 0.309 e. The monoisotopic (exact) mass is 545 g/mol. The summed E-state index contributed by atoms with van der Waals surface area (Å²) in [4.78, 5) is 31.1. The van der Waals surface area contributed by atoms with Crippen LogP contribution < -0.4 is 0 Å². The molecule has 0 fully saturated rings. The number of nitrogens with zero attached hydrogens (tertiary/aromatic N) is 1. The van der Waals surface area contributed by atoms with Gasteiger partial charge < -0.3 is 20.1 Å². The number of fused-ring (bicyclic) bond motifs is 1. The molecule has 8 heteroatoms. The minimum absolute atomic E-state index is 0.0597. The Labute approximate surface area is 229 Å². The number of allylic oxidation sites excluding steroid dienone is 1. The van der Waals surface area contributed by atoms with Gasteiger partial charge in [0, 0.05) is 12.3 Å². The molecule has 1 aliphatic rings. The van der Waals surface area contributed by atoms with Crippen molar-refractivity contribution >= 4 is 33.3 Å². The van der Waals surface area contributed by atoms with Gasteiger partial charge in [-0.25, -0.2) is 4.98 Å². The normalized spacial score (nSPS) is 28.2. The first-order valence-electron chi connectivity index (χ1n) is 13.7. The molecule has 5 atom stereocenters. The van der Waals surface area contributed by atoms with Gasteiger partial charge in [-0.3, -0.25) is 9.59 Å². The fourth-order valence-corrected chi connectivity index (χ4v) is 6.03.